The molecule has 0 aromatic heterocycles. The third-order valence-electron chi connectivity index (χ3n) is 18.4. The molecule has 0 amide bonds. The van der Waals surface area contributed by atoms with E-state index in [0.717, 1.165) is 0 Å². The Kier molecular flexibility index (Phi) is 26.4. The molecule has 0 spiro atoms. The number of benzene rings is 9. The molecule has 0 heterocycles. The van der Waals surface area contributed by atoms with E-state index in [9.17, 15) is 0 Å². The molecule has 0 aliphatic carbocycles. The monoisotopic (exact) mass is 2120 g/mol. The van der Waals surface area contributed by atoms with Crippen LogP contribution < -0.4 is 47.7 Å². The molecule has 0 unspecified atom stereocenters. The topological polar surface area (TPSA) is 0 Å². The standard InChI is InChI=1S/3C24H9F18P.Pd/c3*25-19(26,27)10-1-11(20(28,29)30)5-16(4-10)43(17-6-12(21(31,32)33)2-13(7-17)22(34,35)36)18-8-14(23(37,38)39)3-15(9-18)24(40,41)42;/h3*1-9H;/q;;;-3/p+3. The van der Waals surface area contributed by atoms with Gasteiger partial charge < -0.3 is 0 Å². The summed E-state index contributed by atoms with van der Waals surface area (Å²) in [4.78, 5) is 0. The van der Waals surface area contributed by atoms with Crippen LogP contribution in [0.3, 0.4) is 0 Å². The van der Waals surface area contributed by atoms with Gasteiger partial charge in [-0.25, -0.2) is 0 Å². The van der Waals surface area contributed by atoms with E-state index in [4.69, 9.17) is 0 Å². The van der Waals surface area contributed by atoms with Crippen molar-refractivity contribution in [1.82, 2.24) is 0 Å². The molecule has 9 aromatic rings. The number of hydrogen-bond acceptors (Lipinski definition) is 0. The van der Waals surface area contributed by atoms with E-state index in [1.807, 2.05) is 0 Å². The van der Waals surface area contributed by atoms with Crippen molar-refractivity contribution >= 4 is 64.1 Å². The molecule has 0 fully saturated rings. The Labute approximate surface area is 689 Å². The first-order valence-corrected chi connectivity index (χ1v) is 45.5. The first-order valence-electron chi connectivity index (χ1n) is 33.0. The summed E-state index contributed by atoms with van der Waals surface area (Å²) in [5, 5.41) is -36.2. The van der Waals surface area contributed by atoms with Crippen LogP contribution in [-0.4, -0.2) is 0 Å². The fraction of sp³-hybridized carbons (Fsp3) is 0.250. The molecule has 0 saturated carbocycles. The van der Waals surface area contributed by atoms with Crippen molar-refractivity contribution in [3.8, 4) is 0 Å². The van der Waals surface area contributed by atoms with Gasteiger partial charge in [-0.2, -0.15) is 0 Å². The van der Waals surface area contributed by atoms with Crippen LogP contribution in [0, 0.1) is 0 Å². The number of hydrogen-bond donors (Lipinski definition) is 0. The van der Waals surface area contributed by atoms with E-state index < -0.39 is 454 Å². The number of halogens is 54. The van der Waals surface area contributed by atoms with Crippen molar-refractivity contribution in [2.75, 3.05) is 0 Å². The summed E-state index contributed by atoms with van der Waals surface area (Å²) in [5.74, 6) is 0. The van der Waals surface area contributed by atoms with Crippen LogP contribution in [0.5, 0.6) is 0 Å². The van der Waals surface area contributed by atoms with Gasteiger partial charge in [0.05, 0.1) is 0 Å². The van der Waals surface area contributed by atoms with Gasteiger partial charge in [-0.05, 0) is 0 Å². The van der Waals surface area contributed by atoms with Gasteiger partial charge in [0.2, 0.25) is 0 Å². The van der Waals surface area contributed by atoms with Crippen LogP contribution in [0.1, 0.15) is 100 Å². The van der Waals surface area contributed by atoms with Crippen molar-refractivity contribution in [2.24, 2.45) is 0 Å². The Hall–Kier alpha value is -8.85. The SMILES string of the molecule is FC(F)(F)c1cc(C(F)(F)F)cc([PH](c2cc(C(F)(F)F)cc(C(F)(F)F)c2)(c2cc(C(F)(F)F)cc(C(F)(F)F)c2)[Pd]([PH](c2cc(C(F)(F)F)cc(C(F)(F)F)c2)(c2cc(C(F)(F)F)cc(C(F)(F)F)c2)c2cc(C(F)(F)F)cc(C(F)(F)F)c2)[PH](c2cc(C(F)(F)F)cc(C(F)(F)F)c2)(c2cc(C(F)(F)F)cc(C(F)(F)F)c2)c2cc(C(F)(F)F)cc(C(F)(F)F)c2)c1. The predicted octanol–water partition coefficient (Wildman–Crippen LogP) is 27.9. The molecule has 0 atom stereocenters. The summed E-state index contributed by atoms with van der Waals surface area (Å²) >= 11 is -9.99. The molecule has 9 rings (SSSR count). The zero-order valence-corrected chi connectivity index (χ0v) is 64.9. The van der Waals surface area contributed by atoms with Crippen molar-refractivity contribution < 1.29 is 252 Å². The average Bonchev–Trinajstić information content (AvgIpc) is 0.654. The summed E-state index contributed by atoms with van der Waals surface area (Å²) in [6, 6.07) is -50.4. The van der Waals surface area contributed by atoms with Crippen molar-refractivity contribution in [1.29, 1.82) is 0 Å². The molecule has 0 bridgehead atoms. The third kappa shape index (κ3) is 21.3. The second-order valence-electron chi connectivity index (χ2n) is 27.2. The van der Waals surface area contributed by atoms with Crippen LogP contribution in [0.25, 0.3) is 0 Å². The summed E-state index contributed by atoms with van der Waals surface area (Å²) in [6.45, 7) is 0. The van der Waals surface area contributed by atoms with Crippen LogP contribution in [-0.2, 0) is 126 Å². The fourth-order valence-corrected chi connectivity index (χ4v) is 99.2. The Bertz CT molecular complexity index is 4370. The summed E-state index contributed by atoms with van der Waals surface area (Å²) in [5.41, 5.74) is -105. The zero-order chi connectivity index (χ0) is 99.8. The second kappa shape index (κ2) is 32.8. The quantitative estimate of drug-likeness (QED) is 0.0650. The minimum atomic E-state index is -11.0. The van der Waals surface area contributed by atoms with Crippen molar-refractivity contribution in [3.05, 3.63) is 264 Å². The van der Waals surface area contributed by atoms with Gasteiger partial charge in [-0.3, -0.25) is 0 Å². The Morgan fingerprint density at radius 2 is 0.154 bits per heavy atom. The number of rotatable bonds is 12. The second-order valence-corrected chi connectivity index (χ2v) is 59.0. The molecule has 0 nitrogen and oxygen atoms in total. The van der Waals surface area contributed by atoms with E-state index in [1.54, 1.807) is 0 Å². The molecule has 721 valence electrons. The van der Waals surface area contributed by atoms with Gasteiger partial charge in [-0.1, -0.05) is 0 Å². The van der Waals surface area contributed by atoms with E-state index >= 15 is 237 Å². The van der Waals surface area contributed by atoms with Gasteiger partial charge in [-0.15, -0.1) is 0 Å². The Morgan fingerprint density at radius 1 is 0.100 bits per heavy atom. The maximum absolute atomic E-state index is 16.5. The molecule has 0 aliphatic heterocycles. The molecule has 0 N–H and O–H groups in total. The molecule has 0 radical (unpaired) electrons. The van der Waals surface area contributed by atoms with Crippen molar-refractivity contribution in [2.45, 2.75) is 111 Å². The van der Waals surface area contributed by atoms with Gasteiger partial charge in [0, 0.05) is 0 Å². The van der Waals surface area contributed by atoms with Gasteiger partial charge >= 0.3 is 692 Å². The van der Waals surface area contributed by atoms with Gasteiger partial charge in [0.1, 0.15) is 0 Å². The van der Waals surface area contributed by atoms with E-state index in [2.05, 4.69) is 0 Å². The first kappa shape index (κ1) is 105. The van der Waals surface area contributed by atoms with Crippen LogP contribution >= 0.6 is 16.4 Å². The average molecular weight is 2120 g/mol. The summed E-state index contributed by atoms with van der Waals surface area (Å²) < 4.78 is 893. The Morgan fingerprint density at radius 3 is 0.200 bits per heavy atom. The van der Waals surface area contributed by atoms with Crippen LogP contribution in [0.15, 0.2) is 164 Å². The van der Waals surface area contributed by atoms with Gasteiger partial charge in [0.15, 0.2) is 0 Å². The van der Waals surface area contributed by atoms with E-state index in [1.165, 1.54) is 0 Å². The molecule has 9 aromatic carbocycles. The van der Waals surface area contributed by atoms with Crippen LogP contribution in [0.4, 0.5) is 237 Å². The summed E-state index contributed by atoms with van der Waals surface area (Å²) in [7, 11) is 0. The van der Waals surface area contributed by atoms with Crippen molar-refractivity contribution in [3.63, 3.8) is 0 Å². The minimum absolute atomic E-state index is 1.76. The van der Waals surface area contributed by atoms with E-state index in [-0.39, 0.29) is 0 Å². The van der Waals surface area contributed by atoms with Gasteiger partial charge in [0.25, 0.3) is 0 Å². The first-order chi connectivity index (χ1) is 57.7. The third-order valence-corrected chi connectivity index (χ3v) is 77.1. The van der Waals surface area contributed by atoms with Crippen LogP contribution in [0.2, 0.25) is 0 Å². The normalized spacial score (nSPS) is 15.0. The molecular formula is C72H30F54P3Pd. The Balaban J connectivity index is 2.24. The molecule has 58 heteroatoms. The molecule has 0 aliphatic rings. The zero-order valence-electron chi connectivity index (χ0n) is 60.3. The molecule has 130 heavy (non-hydrogen) atoms. The van der Waals surface area contributed by atoms with E-state index in [0.29, 0.717) is 0 Å². The number of alkyl halides is 54. The molecular weight excluding hydrogens is 2090 g/mol. The fourth-order valence-electron chi connectivity index (χ4n) is 13.2. The maximum atomic E-state index is 16.5. The molecule has 0 saturated heterocycles. The predicted molar refractivity (Wildman–Crippen MR) is 350 cm³/mol. The summed E-state index contributed by atoms with van der Waals surface area (Å²) in [6.07, 6.45) is -136.